The summed E-state index contributed by atoms with van der Waals surface area (Å²) < 4.78 is 8.19. The molecule has 1 aromatic heterocycles. The van der Waals surface area contributed by atoms with Crippen LogP contribution in [-0.2, 0) is 20.5 Å². The normalized spacial score (nSPS) is 14.9. The lowest BCUT2D eigenvalue weighted by atomic mass is 10.1. The SMILES string of the molecule is CCOc1ccc(CCCCN2CCN(c3cc(=O)n(C)c(=O)n3C)CC2)cc1. The molecule has 1 aliphatic rings. The van der Waals surface area contributed by atoms with Gasteiger partial charge in [0.05, 0.1) is 6.61 Å². The van der Waals surface area contributed by atoms with Gasteiger partial charge in [-0.25, -0.2) is 4.79 Å². The second-order valence-corrected chi connectivity index (χ2v) is 7.60. The molecule has 1 aromatic carbocycles. The smallest absolute Gasteiger partial charge is 0.332 e. The molecule has 0 amide bonds. The van der Waals surface area contributed by atoms with Crippen molar-refractivity contribution < 1.29 is 4.74 Å². The molecule has 158 valence electrons. The molecule has 7 heteroatoms. The standard InChI is InChI=1S/C22H32N4O3/c1-4-29-19-10-8-18(9-11-19)7-5-6-12-25-13-15-26(16-14-25)20-17-21(27)24(3)22(28)23(20)2/h8-11,17H,4-7,12-16H2,1-3H3. The number of anilines is 1. The van der Waals surface area contributed by atoms with E-state index < -0.39 is 0 Å². The van der Waals surface area contributed by atoms with Gasteiger partial charge in [-0.05, 0) is 50.4 Å². The molecule has 0 radical (unpaired) electrons. The van der Waals surface area contributed by atoms with E-state index in [4.69, 9.17) is 4.74 Å². The van der Waals surface area contributed by atoms with Gasteiger partial charge in [0.25, 0.3) is 5.56 Å². The lowest BCUT2D eigenvalue weighted by Gasteiger charge is -2.36. The lowest BCUT2D eigenvalue weighted by Crippen LogP contribution is -2.49. The number of hydrogen-bond donors (Lipinski definition) is 0. The number of rotatable bonds is 8. The van der Waals surface area contributed by atoms with Crippen molar-refractivity contribution in [2.75, 3.05) is 44.2 Å². The predicted molar refractivity (Wildman–Crippen MR) is 116 cm³/mol. The summed E-state index contributed by atoms with van der Waals surface area (Å²) in [6.45, 7) is 7.34. The Kier molecular flexibility index (Phi) is 7.14. The molecule has 0 bridgehead atoms. The second kappa shape index (κ2) is 9.78. The molecule has 1 fully saturated rings. The maximum atomic E-state index is 12.1. The number of unbranched alkanes of at least 4 members (excludes halogenated alkanes) is 1. The number of ether oxygens (including phenoxy) is 1. The Balaban J connectivity index is 1.42. The Morgan fingerprint density at radius 2 is 1.62 bits per heavy atom. The molecule has 0 spiro atoms. The van der Waals surface area contributed by atoms with Crippen LogP contribution in [0.3, 0.4) is 0 Å². The van der Waals surface area contributed by atoms with Gasteiger partial charge in [-0.15, -0.1) is 0 Å². The zero-order chi connectivity index (χ0) is 20.8. The Bertz CT molecular complexity index is 909. The number of nitrogens with zero attached hydrogens (tertiary/aromatic N) is 4. The van der Waals surface area contributed by atoms with Crippen LogP contribution >= 0.6 is 0 Å². The first-order chi connectivity index (χ1) is 14.0. The highest BCUT2D eigenvalue weighted by Gasteiger charge is 2.19. The van der Waals surface area contributed by atoms with Gasteiger partial charge in [0, 0.05) is 46.3 Å². The van der Waals surface area contributed by atoms with Crippen LogP contribution in [0.1, 0.15) is 25.3 Å². The average molecular weight is 401 g/mol. The number of aryl methyl sites for hydroxylation is 1. The first-order valence-electron chi connectivity index (χ1n) is 10.5. The van der Waals surface area contributed by atoms with E-state index >= 15 is 0 Å². The van der Waals surface area contributed by atoms with Gasteiger partial charge in [-0.2, -0.15) is 0 Å². The van der Waals surface area contributed by atoms with E-state index in [1.165, 1.54) is 12.6 Å². The monoisotopic (exact) mass is 400 g/mol. The minimum absolute atomic E-state index is 0.250. The summed E-state index contributed by atoms with van der Waals surface area (Å²) in [4.78, 5) is 28.7. The topological polar surface area (TPSA) is 59.7 Å². The van der Waals surface area contributed by atoms with Crippen molar-refractivity contribution >= 4 is 5.82 Å². The molecule has 0 unspecified atom stereocenters. The molecular formula is C22H32N4O3. The molecule has 3 rings (SSSR count). The first-order valence-corrected chi connectivity index (χ1v) is 10.5. The Morgan fingerprint density at radius 1 is 0.931 bits per heavy atom. The molecule has 2 aromatic rings. The highest BCUT2D eigenvalue weighted by atomic mass is 16.5. The summed E-state index contributed by atoms with van der Waals surface area (Å²) in [5.74, 6) is 1.65. The van der Waals surface area contributed by atoms with Crippen molar-refractivity contribution in [1.29, 1.82) is 0 Å². The third-order valence-corrected chi connectivity index (χ3v) is 5.62. The number of benzene rings is 1. The summed E-state index contributed by atoms with van der Waals surface area (Å²) in [6.07, 6.45) is 3.41. The van der Waals surface area contributed by atoms with Crippen LogP contribution in [0, 0.1) is 0 Å². The fourth-order valence-electron chi connectivity index (χ4n) is 3.81. The summed E-state index contributed by atoms with van der Waals surface area (Å²) >= 11 is 0. The fourth-order valence-corrected chi connectivity index (χ4v) is 3.81. The zero-order valence-electron chi connectivity index (χ0n) is 17.8. The minimum Gasteiger partial charge on any atom is -0.494 e. The number of aromatic nitrogens is 2. The summed E-state index contributed by atoms with van der Waals surface area (Å²) in [5.41, 5.74) is 0.828. The fraction of sp³-hybridized carbons (Fsp3) is 0.545. The van der Waals surface area contributed by atoms with E-state index in [0.29, 0.717) is 12.4 Å². The van der Waals surface area contributed by atoms with E-state index in [1.807, 2.05) is 19.1 Å². The molecule has 1 saturated heterocycles. The first kappa shape index (κ1) is 21.2. The second-order valence-electron chi connectivity index (χ2n) is 7.60. The molecule has 0 saturated carbocycles. The maximum Gasteiger partial charge on any atom is 0.332 e. The number of piperazine rings is 1. The molecule has 0 N–H and O–H groups in total. The minimum atomic E-state index is -0.274. The van der Waals surface area contributed by atoms with Crippen LogP contribution in [0.2, 0.25) is 0 Å². The average Bonchev–Trinajstić information content (AvgIpc) is 2.74. The molecule has 29 heavy (non-hydrogen) atoms. The third-order valence-electron chi connectivity index (χ3n) is 5.62. The van der Waals surface area contributed by atoms with Gasteiger partial charge >= 0.3 is 5.69 Å². The molecule has 0 atom stereocenters. The van der Waals surface area contributed by atoms with E-state index in [2.05, 4.69) is 21.9 Å². The largest absolute Gasteiger partial charge is 0.494 e. The van der Waals surface area contributed by atoms with Gasteiger partial charge in [-0.3, -0.25) is 18.8 Å². The zero-order valence-corrected chi connectivity index (χ0v) is 17.8. The van der Waals surface area contributed by atoms with Gasteiger partial charge < -0.3 is 9.64 Å². The van der Waals surface area contributed by atoms with Gasteiger partial charge in [-0.1, -0.05) is 12.1 Å². The van der Waals surface area contributed by atoms with Gasteiger partial charge in [0.2, 0.25) is 0 Å². The van der Waals surface area contributed by atoms with Crippen LogP contribution in [-0.4, -0.2) is 53.4 Å². The van der Waals surface area contributed by atoms with Gasteiger partial charge in [0.15, 0.2) is 0 Å². The molecule has 2 heterocycles. The summed E-state index contributed by atoms with van der Waals surface area (Å²) in [5, 5.41) is 0. The van der Waals surface area contributed by atoms with E-state index in [1.54, 1.807) is 17.7 Å². The Hall–Kier alpha value is -2.54. The number of hydrogen-bond acceptors (Lipinski definition) is 5. The van der Waals surface area contributed by atoms with E-state index in [0.717, 1.165) is 62.3 Å². The summed E-state index contributed by atoms with van der Waals surface area (Å²) in [6, 6.07) is 9.95. The van der Waals surface area contributed by atoms with Crippen molar-refractivity contribution in [3.05, 3.63) is 56.7 Å². The van der Waals surface area contributed by atoms with E-state index in [-0.39, 0.29) is 11.2 Å². The van der Waals surface area contributed by atoms with Crippen LogP contribution in [0.15, 0.2) is 39.9 Å². The van der Waals surface area contributed by atoms with Crippen molar-refractivity contribution in [3.8, 4) is 5.75 Å². The third kappa shape index (κ3) is 5.29. The van der Waals surface area contributed by atoms with Crippen molar-refractivity contribution in [3.63, 3.8) is 0 Å². The molecule has 0 aliphatic carbocycles. The lowest BCUT2D eigenvalue weighted by molar-refractivity contribution is 0.251. The highest BCUT2D eigenvalue weighted by molar-refractivity contribution is 5.39. The Morgan fingerprint density at radius 3 is 2.28 bits per heavy atom. The molecule has 7 nitrogen and oxygen atoms in total. The van der Waals surface area contributed by atoms with Crippen LogP contribution in [0.25, 0.3) is 0 Å². The van der Waals surface area contributed by atoms with Crippen LogP contribution in [0.4, 0.5) is 5.82 Å². The highest BCUT2D eigenvalue weighted by Crippen LogP contribution is 2.15. The quantitative estimate of drug-likeness (QED) is 0.631. The summed E-state index contributed by atoms with van der Waals surface area (Å²) in [7, 11) is 3.24. The Labute approximate surface area is 172 Å². The molecule has 1 aliphatic heterocycles. The van der Waals surface area contributed by atoms with Gasteiger partial charge in [0.1, 0.15) is 11.6 Å². The van der Waals surface area contributed by atoms with Crippen molar-refractivity contribution in [2.45, 2.75) is 26.2 Å². The van der Waals surface area contributed by atoms with Crippen molar-refractivity contribution in [1.82, 2.24) is 14.0 Å². The van der Waals surface area contributed by atoms with Crippen LogP contribution in [0.5, 0.6) is 5.75 Å². The van der Waals surface area contributed by atoms with Crippen molar-refractivity contribution in [2.24, 2.45) is 14.1 Å². The van der Waals surface area contributed by atoms with Crippen LogP contribution < -0.4 is 20.9 Å². The predicted octanol–water partition coefficient (Wildman–Crippen LogP) is 1.63. The molecular weight excluding hydrogens is 368 g/mol. The maximum absolute atomic E-state index is 12.1. The van der Waals surface area contributed by atoms with E-state index in [9.17, 15) is 9.59 Å².